The van der Waals surface area contributed by atoms with Crippen molar-refractivity contribution >= 4 is 23.8 Å². The van der Waals surface area contributed by atoms with E-state index in [0.29, 0.717) is 12.5 Å². The summed E-state index contributed by atoms with van der Waals surface area (Å²) in [5.41, 5.74) is 0. The summed E-state index contributed by atoms with van der Waals surface area (Å²) in [6.45, 7) is 1.15. The number of hydrogen-bond donors (Lipinski definition) is 2. The molecule has 0 spiro atoms. The first kappa shape index (κ1) is 15.2. The van der Waals surface area contributed by atoms with E-state index in [1.165, 1.54) is 0 Å². The van der Waals surface area contributed by atoms with Gasteiger partial charge in [0.2, 0.25) is 11.9 Å². The van der Waals surface area contributed by atoms with Crippen LogP contribution in [0.5, 0.6) is 0 Å². The topological polar surface area (TPSA) is 108 Å². The average Bonchev–Trinajstić information content (AvgIpc) is 2.88. The quantitative estimate of drug-likeness (QED) is 0.698. The first-order chi connectivity index (χ1) is 11.1. The van der Waals surface area contributed by atoms with Crippen molar-refractivity contribution in [1.82, 2.24) is 25.5 Å². The zero-order valence-corrected chi connectivity index (χ0v) is 12.6. The van der Waals surface area contributed by atoms with Gasteiger partial charge in [0, 0.05) is 31.5 Å². The van der Waals surface area contributed by atoms with Crippen molar-refractivity contribution in [2.24, 2.45) is 0 Å². The van der Waals surface area contributed by atoms with E-state index in [1.54, 1.807) is 18.5 Å². The van der Waals surface area contributed by atoms with Crippen molar-refractivity contribution in [1.29, 1.82) is 0 Å². The van der Waals surface area contributed by atoms with Gasteiger partial charge >= 0.3 is 6.03 Å². The molecule has 1 aromatic heterocycles. The monoisotopic (exact) mass is 318 g/mol. The molecule has 2 saturated heterocycles. The van der Waals surface area contributed by atoms with Crippen LogP contribution < -0.4 is 15.5 Å². The van der Waals surface area contributed by atoms with Gasteiger partial charge in [-0.3, -0.25) is 14.5 Å². The second-order valence-electron chi connectivity index (χ2n) is 5.54. The molecule has 0 saturated carbocycles. The van der Waals surface area contributed by atoms with E-state index in [0.717, 1.165) is 24.3 Å². The Balaban J connectivity index is 1.54. The molecule has 4 amide bonds. The second kappa shape index (κ2) is 6.59. The number of anilines is 1. The molecule has 23 heavy (non-hydrogen) atoms. The van der Waals surface area contributed by atoms with Crippen LogP contribution in [0.2, 0.25) is 0 Å². The van der Waals surface area contributed by atoms with Crippen LogP contribution in [0.15, 0.2) is 18.5 Å². The van der Waals surface area contributed by atoms with Crippen LogP contribution in [0.25, 0.3) is 0 Å². The van der Waals surface area contributed by atoms with Crippen molar-refractivity contribution in [2.75, 3.05) is 31.1 Å². The van der Waals surface area contributed by atoms with Crippen molar-refractivity contribution < 1.29 is 14.4 Å². The Bertz CT molecular complexity index is 592. The zero-order chi connectivity index (χ0) is 16.2. The van der Waals surface area contributed by atoms with Crippen LogP contribution in [0.1, 0.15) is 12.8 Å². The van der Waals surface area contributed by atoms with Crippen LogP contribution in [0.3, 0.4) is 0 Å². The fourth-order valence-electron chi connectivity index (χ4n) is 2.76. The summed E-state index contributed by atoms with van der Waals surface area (Å²) >= 11 is 0. The van der Waals surface area contributed by atoms with Gasteiger partial charge in [-0.1, -0.05) is 0 Å². The second-order valence-corrected chi connectivity index (χ2v) is 5.54. The molecular weight excluding hydrogens is 300 g/mol. The Kier molecular flexibility index (Phi) is 4.35. The van der Waals surface area contributed by atoms with Gasteiger partial charge in [-0.25, -0.2) is 14.8 Å². The van der Waals surface area contributed by atoms with Gasteiger partial charge in [0.1, 0.15) is 6.54 Å². The number of carbonyl (C=O) groups is 3. The largest absolute Gasteiger partial charge is 0.350 e. The minimum absolute atomic E-state index is 0.0470. The minimum Gasteiger partial charge on any atom is -0.350 e. The number of carbonyl (C=O) groups excluding carboxylic acids is 3. The number of aromatic nitrogens is 2. The SMILES string of the molecule is O=C(CN1C(=O)CNC1=O)N[C@H]1CCCN(c2ncccn2)C1. The standard InChI is InChI=1S/C14H18N6O3/c21-11(9-20-12(22)7-17-14(20)23)18-10-3-1-6-19(8-10)13-15-4-2-5-16-13/h2,4-5,10H,1,3,6-9H2,(H,17,23)(H,18,21)/t10-/m0/s1. The summed E-state index contributed by atoms with van der Waals surface area (Å²) in [4.78, 5) is 46.4. The van der Waals surface area contributed by atoms with E-state index in [4.69, 9.17) is 0 Å². The van der Waals surface area contributed by atoms with Gasteiger partial charge in [0.25, 0.3) is 5.91 Å². The molecule has 2 aliphatic rings. The highest BCUT2D eigenvalue weighted by molar-refractivity contribution is 6.04. The Morgan fingerprint density at radius 1 is 1.35 bits per heavy atom. The van der Waals surface area contributed by atoms with Crippen LogP contribution in [-0.4, -0.2) is 64.9 Å². The third-order valence-electron chi connectivity index (χ3n) is 3.86. The molecule has 2 N–H and O–H groups in total. The summed E-state index contributed by atoms with van der Waals surface area (Å²) in [6.07, 6.45) is 5.12. The number of rotatable bonds is 4. The first-order valence-corrected chi connectivity index (χ1v) is 7.53. The molecule has 9 nitrogen and oxygen atoms in total. The molecule has 2 aliphatic heterocycles. The summed E-state index contributed by atoms with van der Waals surface area (Å²) in [5.74, 6) is -0.0788. The molecule has 2 fully saturated rings. The zero-order valence-electron chi connectivity index (χ0n) is 12.6. The minimum atomic E-state index is -0.520. The maximum Gasteiger partial charge on any atom is 0.325 e. The molecule has 122 valence electrons. The Morgan fingerprint density at radius 3 is 2.83 bits per heavy atom. The van der Waals surface area contributed by atoms with Gasteiger partial charge < -0.3 is 15.5 Å². The Morgan fingerprint density at radius 2 is 2.13 bits per heavy atom. The van der Waals surface area contributed by atoms with Gasteiger partial charge in [0.15, 0.2) is 0 Å². The van der Waals surface area contributed by atoms with E-state index >= 15 is 0 Å². The van der Waals surface area contributed by atoms with Crippen LogP contribution in [0.4, 0.5) is 10.7 Å². The number of nitrogens with one attached hydrogen (secondary N) is 2. The number of amides is 4. The smallest absolute Gasteiger partial charge is 0.325 e. The summed E-state index contributed by atoms with van der Waals surface area (Å²) in [5, 5.41) is 5.27. The van der Waals surface area contributed by atoms with Gasteiger partial charge in [-0.15, -0.1) is 0 Å². The van der Waals surface area contributed by atoms with Crippen molar-refractivity contribution in [2.45, 2.75) is 18.9 Å². The first-order valence-electron chi connectivity index (χ1n) is 7.53. The molecule has 0 aromatic carbocycles. The molecule has 3 heterocycles. The van der Waals surface area contributed by atoms with Crippen molar-refractivity contribution in [3.8, 4) is 0 Å². The molecule has 0 unspecified atom stereocenters. The maximum absolute atomic E-state index is 12.1. The normalized spacial score (nSPS) is 21.3. The third kappa shape index (κ3) is 3.55. The molecule has 3 rings (SSSR count). The van der Waals surface area contributed by atoms with E-state index in [1.807, 2.05) is 4.90 Å². The average molecular weight is 318 g/mol. The van der Waals surface area contributed by atoms with Gasteiger partial charge in [-0.2, -0.15) is 0 Å². The molecule has 1 atom stereocenters. The van der Waals surface area contributed by atoms with Crippen molar-refractivity contribution in [3.63, 3.8) is 0 Å². The summed E-state index contributed by atoms with van der Waals surface area (Å²) in [7, 11) is 0. The highest BCUT2D eigenvalue weighted by atomic mass is 16.2. The molecular formula is C14H18N6O3. The lowest BCUT2D eigenvalue weighted by atomic mass is 10.1. The Hall–Kier alpha value is -2.71. The molecule has 1 aromatic rings. The highest BCUT2D eigenvalue weighted by Crippen LogP contribution is 2.15. The highest BCUT2D eigenvalue weighted by Gasteiger charge is 2.31. The number of piperidine rings is 1. The molecule has 9 heteroatoms. The van der Waals surface area contributed by atoms with Gasteiger partial charge in [0.05, 0.1) is 6.54 Å². The number of nitrogens with zero attached hydrogens (tertiary/aromatic N) is 4. The fraction of sp³-hybridized carbons (Fsp3) is 0.500. The predicted molar refractivity (Wildman–Crippen MR) is 80.5 cm³/mol. The van der Waals surface area contributed by atoms with E-state index in [9.17, 15) is 14.4 Å². The lowest BCUT2D eigenvalue weighted by Crippen LogP contribution is -2.51. The third-order valence-corrected chi connectivity index (χ3v) is 3.86. The van der Waals surface area contributed by atoms with Crippen LogP contribution >= 0.6 is 0 Å². The number of imide groups is 1. The van der Waals surface area contributed by atoms with Gasteiger partial charge in [-0.05, 0) is 18.9 Å². The predicted octanol–water partition coefficient (Wildman–Crippen LogP) is -0.887. The van der Waals surface area contributed by atoms with Crippen molar-refractivity contribution in [3.05, 3.63) is 18.5 Å². The van der Waals surface area contributed by atoms with E-state index in [-0.39, 0.29) is 30.9 Å². The Labute approximate surface area is 133 Å². The number of urea groups is 1. The molecule has 0 radical (unpaired) electrons. The van der Waals surface area contributed by atoms with E-state index in [2.05, 4.69) is 20.6 Å². The maximum atomic E-state index is 12.1. The number of hydrogen-bond acceptors (Lipinski definition) is 6. The lowest BCUT2D eigenvalue weighted by molar-refractivity contribution is -0.130. The summed E-state index contributed by atoms with van der Waals surface area (Å²) < 4.78 is 0. The lowest BCUT2D eigenvalue weighted by Gasteiger charge is -2.33. The summed E-state index contributed by atoms with van der Waals surface area (Å²) in [6, 6.07) is 1.18. The van der Waals surface area contributed by atoms with Crippen LogP contribution in [0, 0.1) is 0 Å². The van der Waals surface area contributed by atoms with Crippen LogP contribution in [-0.2, 0) is 9.59 Å². The van der Waals surface area contributed by atoms with E-state index < -0.39 is 6.03 Å². The molecule has 0 bridgehead atoms. The molecule has 0 aliphatic carbocycles. The fourth-order valence-corrected chi connectivity index (χ4v) is 2.76.